The zero-order valence-corrected chi connectivity index (χ0v) is 16.5. The zero-order valence-electron chi connectivity index (χ0n) is 16.5. The van der Waals surface area contributed by atoms with Crippen molar-refractivity contribution >= 4 is 5.95 Å². The Labute approximate surface area is 156 Å². The Hall–Kier alpha value is -1.81. The van der Waals surface area contributed by atoms with Gasteiger partial charge in [0, 0.05) is 23.5 Å². The molecule has 0 amide bonds. The number of hydrogen-bond donors (Lipinski definition) is 0. The van der Waals surface area contributed by atoms with Gasteiger partial charge in [-0.1, -0.05) is 31.9 Å². The first-order valence-corrected chi connectivity index (χ1v) is 9.82. The van der Waals surface area contributed by atoms with E-state index in [1.165, 1.54) is 38.5 Å². The van der Waals surface area contributed by atoms with Crippen LogP contribution in [-0.2, 0) is 0 Å². The molecule has 1 fully saturated rings. The molecule has 26 heavy (non-hydrogen) atoms. The van der Waals surface area contributed by atoms with Crippen molar-refractivity contribution in [3.05, 3.63) is 42.0 Å². The summed E-state index contributed by atoms with van der Waals surface area (Å²) in [5.74, 6) is 1.93. The lowest BCUT2D eigenvalue weighted by molar-refractivity contribution is 0.308. The number of benzene rings is 1. The highest BCUT2D eigenvalue weighted by Crippen LogP contribution is 2.38. The molecule has 4 heteroatoms. The van der Waals surface area contributed by atoms with Gasteiger partial charge in [-0.2, -0.15) is 9.97 Å². The van der Waals surface area contributed by atoms with Crippen LogP contribution in [0.4, 0.5) is 10.3 Å². The number of nitrogens with zero attached hydrogens (tertiary/aromatic N) is 3. The SMILES string of the molecule is CCCC1CCC(c2ccc(-c3cnc([N+](C)(C)C)nc3)c(F)c2)CC1. The van der Waals surface area contributed by atoms with Crippen LogP contribution in [0.1, 0.15) is 56.9 Å². The van der Waals surface area contributed by atoms with Crippen LogP contribution < -0.4 is 4.48 Å². The van der Waals surface area contributed by atoms with Crippen LogP contribution in [-0.4, -0.2) is 31.1 Å². The van der Waals surface area contributed by atoms with Gasteiger partial charge in [-0.15, -0.1) is 0 Å². The summed E-state index contributed by atoms with van der Waals surface area (Å²) < 4.78 is 15.3. The van der Waals surface area contributed by atoms with Crippen molar-refractivity contribution in [2.75, 3.05) is 21.1 Å². The lowest BCUT2D eigenvalue weighted by Gasteiger charge is -2.28. The fourth-order valence-corrected chi connectivity index (χ4v) is 4.02. The number of aromatic nitrogens is 2. The first kappa shape index (κ1) is 19.0. The summed E-state index contributed by atoms with van der Waals surface area (Å²) in [5.41, 5.74) is 2.46. The molecular weight excluding hydrogens is 325 g/mol. The Bertz CT molecular complexity index is 726. The van der Waals surface area contributed by atoms with Crippen LogP contribution in [0.2, 0.25) is 0 Å². The summed E-state index contributed by atoms with van der Waals surface area (Å²) in [7, 11) is 6.04. The van der Waals surface area contributed by atoms with E-state index in [1.807, 2.05) is 27.2 Å². The highest BCUT2D eigenvalue weighted by atomic mass is 19.1. The van der Waals surface area contributed by atoms with Gasteiger partial charge in [0.1, 0.15) is 5.82 Å². The van der Waals surface area contributed by atoms with Gasteiger partial charge in [-0.05, 0) is 49.1 Å². The molecule has 1 heterocycles. The van der Waals surface area contributed by atoms with Gasteiger partial charge < -0.3 is 0 Å². The van der Waals surface area contributed by atoms with Crippen LogP contribution in [0.15, 0.2) is 30.6 Å². The average molecular weight is 357 g/mol. The van der Waals surface area contributed by atoms with E-state index in [9.17, 15) is 4.39 Å². The van der Waals surface area contributed by atoms with E-state index >= 15 is 0 Å². The molecule has 3 nitrogen and oxygen atoms in total. The smallest absolute Gasteiger partial charge is 0.264 e. The fourth-order valence-electron chi connectivity index (χ4n) is 4.02. The second-order valence-corrected chi connectivity index (χ2v) is 8.53. The molecule has 0 aliphatic heterocycles. The second kappa shape index (κ2) is 7.83. The van der Waals surface area contributed by atoms with E-state index in [2.05, 4.69) is 23.0 Å². The van der Waals surface area contributed by atoms with Crippen molar-refractivity contribution in [1.82, 2.24) is 14.5 Å². The normalized spacial score (nSPS) is 21.0. The van der Waals surface area contributed by atoms with E-state index in [1.54, 1.807) is 18.5 Å². The van der Waals surface area contributed by atoms with Gasteiger partial charge in [0.2, 0.25) is 0 Å². The molecular formula is C22H31FN3+. The van der Waals surface area contributed by atoms with Crippen molar-refractivity contribution in [3.8, 4) is 11.1 Å². The largest absolute Gasteiger partial charge is 0.328 e. The summed E-state index contributed by atoms with van der Waals surface area (Å²) in [6.07, 6.45) is 11.0. The van der Waals surface area contributed by atoms with Gasteiger partial charge in [0.15, 0.2) is 0 Å². The van der Waals surface area contributed by atoms with Gasteiger partial charge >= 0.3 is 5.95 Å². The molecule has 0 bridgehead atoms. The van der Waals surface area contributed by atoms with E-state index in [4.69, 9.17) is 0 Å². The third kappa shape index (κ3) is 4.29. The minimum atomic E-state index is -0.167. The molecule has 3 rings (SSSR count). The Balaban J connectivity index is 1.74. The maximum atomic E-state index is 14.8. The van der Waals surface area contributed by atoms with Gasteiger partial charge in [-0.3, -0.25) is 4.48 Å². The van der Waals surface area contributed by atoms with E-state index in [0.29, 0.717) is 16.0 Å². The molecule has 140 valence electrons. The zero-order chi connectivity index (χ0) is 18.7. The predicted molar refractivity (Wildman–Crippen MR) is 107 cm³/mol. The van der Waals surface area contributed by atoms with Crippen LogP contribution in [0, 0.1) is 11.7 Å². The van der Waals surface area contributed by atoms with Crippen molar-refractivity contribution in [1.29, 1.82) is 0 Å². The van der Waals surface area contributed by atoms with E-state index in [-0.39, 0.29) is 5.82 Å². The van der Waals surface area contributed by atoms with Gasteiger partial charge in [-0.25, -0.2) is 4.39 Å². The molecule has 2 aromatic rings. The molecule has 1 aliphatic carbocycles. The van der Waals surface area contributed by atoms with Gasteiger partial charge in [0.05, 0.1) is 21.1 Å². The maximum Gasteiger partial charge on any atom is 0.328 e. The Morgan fingerprint density at radius 1 is 1.04 bits per heavy atom. The minimum absolute atomic E-state index is 0.167. The van der Waals surface area contributed by atoms with Crippen molar-refractivity contribution in [2.45, 2.75) is 51.4 Å². The number of hydrogen-bond acceptors (Lipinski definition) is 2. The molecule has 0 unspecified atom stereocenters. The summed E-state index contributed by atoms with van der Waals surface area (Å²) in [6, 6.07) is 5.72. The summed E-state index contributed by atoms with van der Waals surface area (Å²) in [6.45, 7) is 2.26. The summed E-state index contributed by atoms with van der Waals surface area (Å²) >= 11 is 0. The molecule has 0 spiro atoms. The summed E-state index contributed by atoms with van der Waals surface area (Å²) in [4.78, 5) is 8.80. The van der Waals surface area contributed by atoms with Crippen LogP contribution in [0.5, 0.6) is 0 Å². The maximum absolute atomic E-state index is 14.8. The third-order valence-electron chi connectivity index (χ3n) is 5.56. The fraction of sp³-hybridized carbons (Fsp3) is 0.545. The predicted octanol–water partition coefficient (Wildman–Crippen LogP) is 5.55. The third-order valence-corrected chi connectivity index (χ3v) is 5.56. The molecule has 0 atom stereocenters. The molecule has 0 saturated heterocycles. The molecule has 1 aromatic carbocycles. The quantitative estimate of drug-likeness (QED) is 0.656. The lowest BCUT2D eigenvalue weighted by Crippen LogP contribution is -2.36. The number of halogens is 1. The molecule has 0 N–H and O–H groups in total. The molecule has 1 aromatic heterocycles. The Kier molecular flexibility index (Phi) is 5.71. The summed E-state index contributed by atoms with van der Waals surface area (Å²) in [5, 5.41) is 0. The van der Waals surface area contributed by atoms with Gasteiger partial charge in [0.25, 0.3) is 0 Å². The van der Waals surface area contributed by atoms with Crippen LogP contribution >= 0.6 is 0 Å². The Morgan fingerprint density at radius 2 is 1.69 bits per heavy atom. The van der Waals surface area contributed by atoms with Crippen molar-refractivity contribution < 1.29 is 4.39 Å². The average Bonchev–Trinajstić information content (AvgIpc) is 2.62. The van der Waals surface area contributed by atoms with E-state index in [0.717, 1.165) is 23.0 Å². The van der Waals surface area contributed by atoms with Crippen molar-refractivity contribution in [2.24, 2.45) is 5.92 Å². The monoisotopic (exact) mass is 356 g/mol. The lowest BCUT2D eigenvalue weighted by atomic mass is 9.77. The van der Waals surface area contributed by atoms with Crippen LogP contribution in [0.3, 0.4) is 0 Å². The minimum Gasteiger partial charge on any atom is -0.264 e. The highest BCUT2D eigenvalue weighted by Gasteiger charge is 2.23. The highest BCUT2D eigenvalue weighted by molar-refractivity contribution is 5.63. The van der Waals surface area contributed by atoms with Crippen LogP contribution in [0.25, 0.3) is 11.1 Å². The topological polar surface area (TPSA) is 25.8 Å². The number of quaternary nitrogens is 1. The Morgan fingerprint density at radius 3 is 2.23 bits per heavy atom. The van der Waals surface area contributed by atoms with Crippen molar-refractivity contribution in [3.63, 3.8) is 0 Å². The standard InChI is InChI=1S/C22H31FN3/c1-5-6-16-7-9-17(10-8-16)18-11-12-20(21(23)13-18)19-14-24-22(25-15-19)26(2,3)4/h11-17H,5-10H2,1-4H3/q+1. The second-order valence-electron chi connectivity index (χ2n) is 8.53. The first-order chi connectivity index (χ1) is 12.4. The number of rotatable bonds is 5. The molecule has 0 radical (unpaired) electrons. The first-order valence-electron chi connectivity index (χ1n) is 9.82. The van der Waals surface area contributed by atoms with E-state index < -0.39 is 0 Å². The molecule has 1 aliphatic rings. The molecule has 1 saturated carbocycles.